The van der Waals surface area contributed by atoms with Crippen molar-refractivity contribution in [3.05, 3.63) is 36.4 Å². The zero-order valence-corrected chi connectivity index (χ0v) is 27.3. The van der Waals surface area contributed by atoms with E-state index in [0.717, 1.165) is 85.2 Å². The van der Waals surface area contributed by atoms with Crippen LogP contribution in [-0.4, -0.2) is 76.2 Å². The van der Waals surface area contributed by atoms with Gasteiger partial charge in [0.25, 0.3) is 0 Å². The second-order valence-corrected chi connectivity index (χ2v) is 14.4. The molecule has 0 amide bonds. The number of piperidine rings is 1. The zero-order valence-electron chi connectivity index (χ0n) is 24.9. The molecule has 1 saturated heterocycles. The van der Waals surface area contributed by atoms with Crippen molar-refractivity contribution < 1.29 is 18.3 Å². The molecule has 2 heterocycles. The summed E-state index contributed by atoms with van der Waals surface area (Å²) in [5.74, 6) is 1.51. The molecule has 2 aromatic rings. The lowest BCUT2D eigenvalue weighted by molar-refractivity contribution is 0.158. The van der Waals surface area contributed by atoms with Crippen molar-refractivity contribution in [2.24, 2.45) is 5.92 Å². The molecule has 2 aromatic carbocycles. The summed E-state index contributed by atoms with van der Waals surface area (Å²) in [6.07, 6.45) is 10.2. The predicted molar refractivity (Wildman–Crippen MR) is 172 cm³/mol. The van der Waals surface area contributed by atoms with Gasteiger partial charge in [-0.2, -0.15) is 0 Å². The molecule has 0 bridgehead atoms. The van der Waals surface area contributed by atoms with E-state index in [1.165, 1.54) is 41.8 Å². The minimum absolute atomic E-state index is 0. The Bertz CT molecular complexity index is 1200. The van der Waals surface area contributed by atoms with Gasteiger partial charge in [0.05, 0.1) is 27.8 Å². The lowest BCUT2D eigenvalue weighted by Gasteiger charge is -2.36. The van der Waals surface area contributed by atoms with E-state index in [-0.39, 0.29) is 19.0 Å². The zero-order chi connectivity index (χ0) is 28.5. The Hall–Kier alpha value is -1.49. The summed E-state index contributed by atoms with van der Waals surface area (Å²) < 4.78 is 33.9. The van der Waals surface area contributed by atoms with Crippen LogP contribution in [0.25, 0.3) is 0 Å². The molecule has 2 aliphatic rings. The van der Waals surface area contributed by atoms with Crippen molar-refractivity contribution in [2.45, 2.75) is 79.4 Å². The molecule has 0 aliphatic carbocycles. The molecule has 1 N–H and O–H groups in total. The topological polar surface area (TPSA) is 73.3 Å². The maximum atomic E-state index is 13.2. The third-order valence-corrected chi connectivity index (χ3v) is 11.2. The van der Waals surface area contributed by atoms with Crippen LogP contribution in [0, 0.1) is 5.92 Å². The molecule has 0 atom stereocenters. The fourth-order valence-corrected chi connectivity index (χ4v) is 8.12. The standard InChI is InChI=1S/C31H47N3O4S2.ClH/c1-4-5-6-7-8-23-38-26-13-14-29-28(24-26)34(19-10-18-33-20-15-25(16-21-33)17-22-35)27-11-9-12-30(31(27)39-29)40(36,37)32(2)3;/h9,11-14,24-25,35H,4-8,10,15-23H2,1-3H3;1H. The smallest absolute Gasteiger partial charge is 0.243 e. The van der Waals surface area contributed by atoms with Crippen LogP contribution >= 0.6 is 24.2 Å². The van der Waals surface area contributed by atoms with Crippen molar-refractivity contribution in [2.75, 3.05) is 58.4 Å². The molecule has 10 heteroatoms. The largest absolute Gasteiger partial charge is 0.494 e. The fraction of sp³-hybridized carbons (Fsp3) is 0.613. The van der Waals surface area contributed by atoms with Gasteiger partial charge in [-0.3, -0.25) is 0 Å². The maximum Gasteiger partial charge on any atom is 0.243 e. The Morgan fingerprint density at radius 1 is 1.00 bits per heavy atom. The van der Waals surface area contributed by atoms with Crippen LogP contribution in [0.1, 0.15) is 64.7 Å². The van der Waals surface area contributed by atoms with Gasteiger partial charge in [-0.25, -0.2) is 12.7 Å². The number of halogens is 1. The van der Waals surface area contributed by atoms with Crippen LogP contribution in [0.15, 0.2) is 51.1 Å². The average molecular weight is 626 g/mol. The third kappa shape index (κ3) is 8.77. The van der Waals surface area contributed by atoms with E-state index in [4.69, 9.17) is 4.74 Å². The fourth-order valence-electron chi connectivity index (χ4n) is 5.61. The summed E-state index contributed by atoms with van der Waals surface area (Å²) in [4.78, 5) is 7.02. The number of likely N-dealkylation sites (tertiary alicyclic amines) is 1. The van der Waals surface area contributed by atoms with E-state index in [0.29, 0.717) is 17.4 Å². The van der Waals surface area contributed by atoms with E-state index in [2.05, 4.69) is 28.9 Å². The quantitative estimate of drug-likeness (QED) is 0.218. The van der Waals surface area contributed by atoms with Crippen LogP contribution in [0.3, 0.4) is 0 Å². The highest BCUT2D eigenvalue weighted by atomic mass is 35.5. The first-order valence-electron chi connectivity index (χ1n) is 15.0. The number of nitrogens with zero attached hydrogens (tertiary/aromatic N) is 3. The number of fused-ring (bicyclic) bond motifs is 2. The first kappa shape index (κ1) is 34.0. The molecule has 0 unspecified atom stereocenters. The molecular formula is C31H48ClN3O4S2. The summed E-state index contributed by atoms with van der Waals surface area (Å²) in [7, 11) is -0.413. The van der Waals surface area contributed by atoms with E-state index >= 15 is 0 Å². The number of ether oxygens (including phenoxy) is 1. The summed E-state index contributed by atoms with van der Waals surface area (Å²) in [5.41, 5.74) is 2.03. The van der Waals surface area contributed by atoms with E-state index in [9.17, 15) is 13.5 Å². The summed E-state index contributed by atoms with van der Waals surface area (Å²) in [6.45, 7) is 7.18. The highest BCUT2D eigenvalue weighted by molar-refractivity contribution is 8.00. The summed E-state index contributed by atoms with van der Waals surface area (Å²) in [5, 5.41) is 9.27. The summed E-state index contributed by atoms with van der Waals surface area (Å²) >= 11 is 1.54. The number of hydrogen-bond donors (Lipinski definition) is 1. The minimum Gasteiger partial charge on any atom is -0.494 e. The number of anilines is 2. The normalized spacial score (nSPS) is 15.9. The van der Waals surface area contributed by atoms with E-state index in [1.807, 2.05) is 18.2 Å². The Morgan fingerprint density at radius 3 is 2.46 bits per heavy atom. The van der Waals surface area contributed by atoms with E-state index < -0.39 is 10.0 Å². The Kier molecular flexibility index (Phi) is 13.6. The Labute approximate surface area is 258 Å². The molecule has 0 radical (unpaired) electrons. The second kappa shape index (κ2) is 16.4. The number of unbranched alkanes of at least 4 members (excludes halogenated alkanes) is 4. The minimum atomic E-state index is -3.59. The number of sulfonamides is 1. The van der Waals surface area contributed by atoms with Crippen LogP contribution < -0.4 is 9.64 Å². The Balaban J connectivity index is 0.00000462. The van der Waals surface area contributed by atoms with Crippen LogP contribution in [0.5, 0.6) is 5.75 Å². The SMILES string of the molecule is CCCCCCCOc1ccc2c(c1)N(CCCN1CCC(CCO)CC1)c1cccc(S(=O)(=O)N(C)C)c1S2.Cl. The lowest BCUT2D eigenvalue weighted by atomic mass is 9.94. The second-order valence-electron chi connectivity index (χ2n) is 11.2. The number of hydrogen-bond acceptors (Lipinski definition) is 7. The average Bonchev–Trinajstić information content (AvgIpc) is 2.95. The van der Waals surface area contributed by atoms with Crippen molar-refractivity contribution in [3.63, 3.8) is 0 Å². The van der Waals surface area contributed by atoms with Crippen LogP contribution in [0.4, 0.5) is 11.4 Å². The van der Waals surface area contributed by atoms with E-state index in [1.54, 1.807) is 20.2 Å². The van der Waals surface area contributed by atoms with Crippen molar-refractivity contribution in [1.82, 2.24) is 9.21 Å². The number of rotatable bonds is 15. The molecule has 230 valence electrons. The van der Waals surface area contributed by atoms with Crippen molar-refractivity contribution in [3.8, 4) is 5.75 Å². The molecule has 0 saturated carbocycles. The first-order valence-corrected chi connectivity index (χ1v) is 17.2. The molecule has 4 rings (SSSR count). The van der Waals surface area contributed by atoms with Crippen LogP contribution in [-0.2, 0) is 10.0 Å². The van der Waals surface area contributed by atoms with Gasteiger partial charge in [-0.05, 0) is 81.9 Å². The molecule has 1 fully saturated rings. The predicted octanol–water partition coefficient (Wildman–Crippen LogP) is 6.80. The molecular weight excluding hydrogens is 578 g/mol. The number of benzene rings is 2. The van der Waals surface area contributed by atoms with Gasteiger partial charge in [0.2, 0.25) is 10.0 Å². The molecule has 0 spiro atoms. The molecule has 7 nitrogen and oxygen atoms in total. The van der Waals surface area contributed by atoms with Gasteiger partial charge in [0.15, 0.2) is 0 Å². The Morgan fingerprint density at radius 2 is 1.76 bits per heavy atom. The molecule has 41 heavy (non-hydrogen) atoms. The van der Waals surface area contributed by atoms with Crippen molar-refractivity contribution in [1.29, 1.82) is 0 Å². The van der Waals surface area contributed by atoms with Gasteiger partial charge in [0, 0.05) is 38.2 Å². The van der Waals surface area contributed by atoms with Gasteiger partial charge in [-0.1, -0.05) is 50.4 Å². The van der Waals surface area contributed by atoms with Gasteiger partial charge >= 0.3 is 0 Å². The lowest BCUT2D eigenvalue weighted by Crippen LogP contribution is -2.36. The monoisotopic (exact) mass is 625 g/mol. The van der Waals surface area contributed by atoms with Crippen LogP contribution in [0.2, 0.25) is 0 Å². The van der Waals surface area contributed by atoms with Crippen molar-refractivity contribution >= 4 is 45.6 Å². The summed E-state index contributed by atoms with van der Waals surface area (Å²) in [6, 6.07) is 11.8. The maximum absolute atomic E-state index is 13.2. The highest BCUT2D eigenvalue weighted by Gasteiger charge is 2.31. The third-order valence-electron chi connectivity index (χ3n) is 8.06. The highest BCUT2D eigenvalue weighted by Crippen LogP contribution is 2.51. The van der Waals surface area contributed by atoms with Gasteiger partial charge in [-0.15, -0.1) is 12.4 Å². The number of aliphatic hydroxyl groups is 1. The molecule has 2 aliphatic heterocycles. The number of aliphatic hydroxyl groups excluding tert-OH is 1. The molecule has 0 aromatic heterocycles. The first-order chi connectivity index (χ1) is 19.3. The van der Waals surface area contributed by atoms with Gasteiger partial charge in [0.1, 0.15) is 5.75 Å². The van der Waals surface area contributed by atoms with Gasteiger partial charge < -0.3 is 19.6 Å².